The first-order valence-corrected chi connectivity index (χ1v) is 11.0. The van der Waals surface area contributed by atoms with Crippen molar-refractivity contribution in [1.82, 2.24) is 9.88 Å². The number of hydrogen-bond donors (Lipinski definition) is 1. The van der Waals surface area contributed by atoms with E-state index in [0.29, 0.717) is 54.5 Å². The van der Waals surface area contributed by atoms with Gasteiger partial charge < -0.3 is 24.1 Å². The van der Waals surface area contributed by atoms with Crippen LogP contribution in [-0.4, -0.2) is 48.3 Å². The van der Waals surface area contributed by atoms with Gasteiger partial charge in [-0.25, -0.2) is 0 Å². The Balaban J connectivity index is 1.47. The lowest BCUT2D eigenvalue weighted by Gasteiger charge is -2.26. The molecular weight excluding hydrogens is 408 g/mol. The summed E-state index contributed by atoms with van der Waals surface area (Å²) in [6.45, 7) is 4.33. The number of fused-ring (bicyclic) bond motifs is 2. The molecule has 5 rings (SSSR count). The fourth-order valence-electron chi connectivity index (χ4n) is 4.24. The molecule has 2 aliphatic rings. The Bertz CT molecular complexity index is 1200. The van der Waals surface area contributed by atoms with Gasteiger partial charge in [0.25, 0.3) is 11.5 Å². The SMILES string of the molecule is Cc1ccc(C(=O)N(Cc2cc3cc4c(cc3[nH]c2=O)OCCO4)C[C@@H]2CCCO2)cc1. The monoisotopic (exact) mass is 434 g/mol. The largest absolute Gasteiger partial charge is 0.486 e. The zero-order valence-electron chi connectivity index (χ0n) is 18.1. The Labute approximate surface area is 185 Å². The summed E-state index contributed by atoms with van der Waals surface area (Å²) in [7, 11) is 0. The number of ether oxygens (including phenoxy) is 3. The number of aryl methyl sites for hydroxylation is 1. The van der Waals surface area contributed by atoms with Gasteiger partial charge in [0.1, 0.15) is 13.2 Å². The van der Waals surface area contributed by atoms with Crippen LogP contribution < -0.4 is 15.0 Å². The van der Waals surface area contributed by atoms with Crippen molar-refractivity contribution < 1.29 is 19.0 Å². The Morgan fingerprint density at radius 2 is 1.81 bits per heavy atom. The van der Waals surface area contributed by atoms with Crippen molar-refractivity contribution in [2.45, 2.75) is 32.4 Å². The van der Waals surface area contributed by atoms with Crippen molar-refractivity contribution >= 4 is 16.8 Å². The molecule has 1 atom stereocenters. The maximum atomic E-state index is 13.3. The van der Waals surface area contributed by atoms with Crippen LogP contribution in [0.3, 0.4) is 0 Å². The third-order valence-electron chi connectivity index (χ3n) is 5.98. The van der Waals surface area contributed by atoms with Gasteiger partial charge in [-0.15, -0.1) is 0 Å². The molecule has 166 valence electrons. The highest BCUT2D eigenvalue weighted by molar-refractivity contribution is 5.94. The third kappa shape index (κ3) is 4.21. The van der Waals surface area contributed by atoms with Crippen LogP contribution in [0, 0.1) is 6.92 Å². The number of hydrogen-bond acceptors (Lipinski definition) is 5. The minimum atomic E-state index is -0.219. The lowest BCUT2D eigenvalue weighted by molar-refractivity contribution is 0.0506. The van der Waals surface area contributed by atoms with E-state index in [1.165, 1.54) is 0 Å². The van der Waals surface area contributed by atoms with Gasteiger partial charge in [-0.3, -0.25) is 9.59 Å². The number of rotatable bonds is 5. The normalized spacial score (nSPS) is 17.5. The van der Waals surface area contributed by atoms with Gasteiger partial charge in [-0.05, 0) is 44.0 Å². The molecule has 1 saturated heterocycles. The van der Waals surface area contributed by atoms with E-state index in [1.54, 1.807) is 11.0 Å². The first-order valence-electron chi connectivity index (χ1n) is 11.0. The van der Waals surface area contributed by atoms with Crippen LogP contribution in [0.15, 0.2) is 47.3 Å². The van der Waals surface area contributed by atoms with E-state index in [-0.39, 0.29) is 24.1 Å². The van der Waals surface area contributed by atoms with Crippen LogP contribution in [0.5, 0.6) is 11.5 Å². The smallest absolute Gasteiger partial charge is 0.254 e. The molecule has 1 fully saturated rings. The van der Waals surface area contributed by atoms with Gasteiger partial charge in [0, 0.05) is 35.7 Å². The molecule has 0 saturated carbocycles. The minimum absolute atomic E-state index is 0.0125. The molecular formula is C25H26N2O5. The Kier molecular flexibility index (Phi) is 5.57. The van der Waals surface area contributed by atoms with E-state index < -0.39 is 0 Å². The molecule has 1 N–H and O–H groups in total. The molecule has 0 aliphatic carbocycles. The zero-order chi connectivity index (χ0) is 22.1. The Morgan fingerprint density at radius 1 is 1.06 bits per heavy atom. The molecule has 32 heavy (non-hydrogen) atoms. The van der Waals surface area contributed by atoms with E-state index in [4.69, 9.17) is 14.2 Å². The molecule has 7 nitrogen and oxygen atoms in total. The summed E-state index contributed by atoms with van der Waals surface area (Å²) in [5, 5.41) is 0.837. The highest BCUT2D eigenvalue weighted by Crippen LogP contribution is 2.33. The highest BCUT2D eigenvalue weighted by atomic mass is 16.6. The van der Waals surface area contributed by atoms with Crippen LogP contribution >= 0.6 is 0 Å². The number of H-pyrrole nitrogens is 1. The van der Waals surface area contributed by atoms with Gasteiger partial charge in [-0.1, -0.05) is 17.7 Å². The van der Waals surface area contributed by atoms with E-state index in [2.05, 4.69) is 4.98 Å². The number of nitrogens with one attached hydrogen (secondary N) is 1. The predicted molar refractivity (Wildman–Crippen MR) is 120 cm³/mol. The second-order valence-corrected chi connectivity index (χ2v) is 8.39. The van der Waals surface area contributed by atoms with Crippen molar-refractivity contribution in [3.8, 4) is 11.5 Å². The van der Waals surface area contributed by atoms with Gasteiger partial charge >= 0.3 is 0 Å². The van der Waals surface area contributed by atoms with Crippen LogP contribution in [0.25, 0.3) is 10.9 Å². The lowest BCUT2D eigenvalue weighted by atomic mass is 10.1. The second-order valence-electron chi connectivity index (χ2n) is 8.39. The molecule has 0 unspecified atom stereocenters. The first-order chi connectivity index (χ1) is 15.6. The fourth-order valence-corrected chi connectivity index (χ4v) is 4.24. The standard InChI is InChI=1S/C25H26N2O5/c1-16-4-6-17(7-5-16)25(29)27(15-20-3-2-8-30-20)14-19-11-18-12-22-23(32-10-9-31-22)13-21(18)26-24(19)28/h4-7,11-13,20H,2-3,8-10,14-15H2,1H3,(H,26,28)/t20-/m0/s1. The predicted octanol–water partition coefficient (Wildman–Crippen LogP) is 3.43. The summed E-state index contributed by atoms with van der Waals surface area (Å²) in [5.74, 6) is 1.18. The van der Waals surface area contributed by atoms with Crippen LogP contribution in [0.4, 0.5) is 0 Å². The van der Waals surface area contributed by atoms with E-state index in [9.17, 15) is 9.59 Å². The summed E-state index contributed by atoms with van der Waals surface area (Å²) < 4.78 is 17.1. The van der Waals surface area contributed by atoms with Crippen LogP contribution in [0.1, 0.15) is 34.3 Å². The van der Waals surface area contributed by atoms with Crippen molar-refractivity contribution in [2.75, 3.05) is 26.4 Å². The minimum Gasteiger partial charge on any atom is -0.486 e. The molecule has 2 aromatic carbocycles. The highest BCUT2D eigenvalue weighted by Gasteiger charge is 2.25. The van der Waals surface area contributed by atoms with E-state index in [0.717, 1.165) is 23.8 Å². The number of amides is 1. The van der Waals surface area contributed by atoms with Crippen LogP contribution in [-0.2, 0) is 11.3 Å². The molecule has 3 aromatic rings. The molecule has 0 radical (unpaired) electrons. The molecule has 7 heteroatoms. The summed E-state index contributed by atoms with van der Waals surface area (Å²) in [6, 6.07) is 13.0. The topological polar surface area (TPSA) is 80.9 Å². The van der Waals surface area contributed by atoms with Gasteiger partial charge in [0.15, 0.2) is 11.5 Å². The van der Waals surface area contributed by atoms with Crippen molar-refractivity contribution in [3.05, 3.63) is 69.5 Å². The Morgan fingerprint density at radius 3 is 2.53 bits per heavy atom. The zero-order valence-corrected chi connectivity index (χ0v) is 18.1. The maximum Gasteiger partial charge on any atom is 0.254 e. The average molecular weight is 434 g/mol. The van der Waals surface area contributed by atoms with Crippen LogP contribution in [0.2, 0.25) is 0 Å². The van der Waals surface area contributed by atoms with Gasteiger partial charge in [0.2, 0.25) is 0 Å². The fraction of sp³-hybridized carbons (Fsp3) is 0.360. The number of carbonyl (C=O) groups is 1. The van der Waals surface area contributed by atoms with Crippen molar-refractivity contribution in [3.63, 3.8) is 0 Å². The number of aromatic nitrogens is 1. The lowest BCUT2D eigenvalue weighted by Crippen LogP contribution is -2.38. The number of carbonyl (C=O) groups excluding carboxylic acids is 1. The number of aromatic amines is 1. The third-order valence-corrected chi connectivity index (χ3v) is 5.98. The Hall–Kier alpha value is -3.32. The summed E-state index contributed by atoms with van der Waals surface area (Å²) in [4.78, 5) is 30.9. The maximum absolute atomic E-state index is 13.3. The van der Waals surface area contributed by atoms with E-state index in [1.807, 2.05) is 43.3 Å². The summed E-state index contributed by atoms with van der Waals surface area (Å²) in [5.41, 5.74) is 2.67. The van der Waals surface area contributed by atoms with Crippen molar-refractivity contribution in [1.29, 1.82) is 0 Å². The molecule has 1 aromatic heterocycles. The average Bonchev–Trinajstić information content (AvgIpc) is 3.31. The number of benzene rings is 2. The number of nitrogens with zero attached hydrogens (tertiary/aromatic N) is 1. The van der Waals surface area contributed by atoms with Crippen molar-refractivity contribution in [2.24, 2.45) is 0 Å². The molecule has 0 bridgehead atoms. The van der Waals surface area contributed by atoms with Gasteiger partial charge in [0.05, 0.1) is 18.2 Å². The molecule has 1 amide bonds. The second kappa shape index (κ2) is 8.67. The summed E-state index contributed by atoms with van der Waals surface area (Å²) >= 11 is 0. The first kappa shape index (κ1) is 20.6. The molecule has 2 aliphatic heterocycles. The van der Waals surface area contributed by atoms with Gasteiger partial charge in [-0.2, -0.15) is 0 Å². The molecule has 0 spiro atoms. The quantitative estimate of drug-likeness (QED) is 0.666. The summed E-state index contributed by atoms with van der Waals surface area (Å²) in [6.07, 6.45) is 1.89. The molecule has 3 heterocycles. The number of pyridine rings is 1. The van der Waals surface area contributed by atoms with E-state index >= 15 is 0 Å².